The summed E-state index contributed by atoms with van der Waals surface area (Å²) in [5, 5.41) is 11.9. The van der Waals surface area contributed by atoms with Crippen molar-refractivity contribution in [1.29, 1.82) is 6.69 Å². The van der Waals surface area contributed by atoms with Crippen molar-refractivity contribution in [1.82, 2.24) is 0 Å². The van der Waals surface area contributed by atoms with Gasteiger partial charge in [0, 0.05) is 21.1 Å². The molecule has 0 spiro atoms. The summed E-state index contributed by atoms with van der Waals surface area (Å²) in [6.45, 7) is 4.06. The van der Waals surface area contributed by atoms with Crippen molar-refractivity contribution in [2.45, 2.75) is 38.6 Å². The average molecular weight is 298 g/mol. The number of nitrogens with zero attached hydrogens (tertiary/aromatic N) is 1. The Morgan fingerprint density at radius 1 is 1.79 bits per heavy atom. The Labute approximate surface area is 118 Å². The highest BCUT2D eigenvalue weighted by atomic mass is 31.2. The molecule has 1 fully saturated rings. The lowest BCUT2D eigenvalue weighted by atomic mass is 9.96. The standard InChI is InChI=1S/C11H19FNO3P.CH4O/c1-8-7-14-9(2)11(10(8)12)16-17(3)15-6-4-5-13;1-2/h8-11H,4,6-7H2,1-3H3;2H,1H3/t8-,9-,10-,11?,17?;/m1./s1/i2D;2T. The fraction of sp³-hybridized carbons (Fsp3) is 0.917. The van der Waals surface area contributed by atoms with Gasteiger partial charge in [0.05, 0.1) is 31.8 Å². The first-order valence-corrected chi connectivity index (χ1v) is 7.58. The van der Waals surface area contributed by atoms with Crippen LogP contribution in [0.1, 0.15) is 21.6 Å². The van der Waals surface area contributed by atoms with Gasteiger partial charge in [0.2, 0.25) is 1.43 Å². The van der Waals surface area contributed by atoms with E-state index in [0.717, 1.165) is 0 Å². The lowest BCUT2D eigenvalue weighted by Crippen LogP contribution is -2.46. The normalized spacial score (nSPS) is 33.2. The zero-order chi connectivity index (χ0) is 16.3. The molecule has 0 saturated carbocycles. The molecule has 1 heterocycles. The number of hydrogen-bond donors (Lipinski definition) is 1. The number of aliphatic hydroxyl groups excluding tert-OH is 1. The van der Waals surface area contributed by atoms with Gasteiger partial charge in [0.1, 0.15) is 12.3 Å². The van der Waals surface area contributed by atoms with Crippen molar-refractivity contribution >= 4 is 8.38 Å². The molecule has 7 heteroatoms. The number of nitriles is 1. The fourth-order valence-corrected chi connectivity index (χ4v) is 2.54. The Morgan fingerprint density at radius 2 is 2.47 bits per heavy atom. The molecule has 0 aromatic carbocycles. The first-order chi connectivity index (χ1) is 10.0. The summed E-state index contributed by atoms with van der Waals surface area (Å²) in [7, 11) is 0.0442. The third kappa shape index (κ3) is 6.60. The van der Waals surface area contributed by atoms with Gasteiger partial charge in [-0.1, -0.05) is 6.92 Å². The van der Waals surface area contributed by atoms with E-state index in [4.69, 9.17) is 21.8 Å². The largest absolute Gasteiger partial charge is 0.400 e. The third-order valence-electron chi connectivity index (χ3n) is 2.55. The molecule has 19 heavy (non-hydrogen) atoms. The highest BCUT2D eigenvalue weighted by Gasteiger charge is 2.38. The Kier molecular flexibility index (Phi) is 8.32. The van der Waals surface area contributed by atoms with Crippen LogP contribution in [0.15, 0.2) is 0 Å². The Bertz CT molecular complexity index is 309. The SMILES string of the molecule is [2H]C[C@H]1OC[C@@H](C)[C@@H](F)C1OP(C)OCCC#N.[3H]OC. The number of ether oxygens (including phenoxy) is 1. The molecule has 0 aromatic heterocycles. The summed E-state index contributed by atoms with van der Waals surface area (Å²) >= 11 is 0. The van der Waals surface area contributed by atoms with Gasteiger partial charge in [-0.25, -0.2) is 4.39 Å². The van der Waals surface area contributed by atoms with Crippen LogP contribution in [0.4, 0.5) is 4.39 Å². The molecule has 1 N–H and O–H groups in total. The summed E-state index contributed by atoms with van der Waals surface area (Å²) < 4.78 is 43.3. The second-order valence-corrected chi connectivity index (χ2v) is 5.39. The number of alkyl halides is 1. The first kappa shape index (κ1) is 15.1. The van der Waals surface area contributed by atoms with E-state index < -0.39 is 26.8 Å². The fourth-order valence-electron chi connectivity index (χ4n) is 1.54. The second-order valence-electron chi connectivity index (χ2n) is 4.04. The molecule has 2 unspecified atom stereocenters. The lowest BCUT2D eigenvalue weighted by Gasteiger charge is -2.36. The van der Waals surface area contributed by atoms with Crippen LogP contribution in [-0.2, 0) is 13.8 Å². The van der Waals surface area contributed by atoms with Crippen molar-refractivity contribution in [2.75, 3.05) is 27.0 Å². The Morgan fingerprint density at radius 3 is 3.05 bits per heavy atom. The molecular weight excluding hydrogens is 272 g/mol. The quantitative estimate of drug-likeness (QED) is 0.622. The molecule has 0 aliphatic carbocycles. The Balaban J connectivity index is 0.00000122. The number of rotatable bonds is 5. The molecule has 1 saturated heterocycles. The van der Waals surface area contributed by atoms with Crippen LogP contribution in [0, 0.1) is 17.2 Å². The van der Waals surface area contributed by atoms with E-state index in [1.54, 1.807) is 13.6 Å². The molecule has 1 rings (SSSR count). The Hall–Kier alpha value is -0.310. The van der Waals surface area contributed by atoms with Crippen LogP contribution in [0.3, 0.4) is 0 Å². The van der Waals surface area contributed by atoms with Crippen LogP contribution in [-0.4, -0.2) is 51.9 Å². The highest BCUT2D eigenvalue weighted by molar-refractivity contribution is 7.46. The van der Waals surface area contributed by atoms with Crippen LogP contribution in [0.2, 0.25) is 0 Å². The predicted molar refractivity (Wildman–Crippen MR) is 71.5 cm³/mol. The number of hydrogen-bond acceptors (Lipinski definition) is 5. The van der Waals surface area contributed by atoms with Gasteiger partial charge in [-0.2, -0.15) is 5.26 Å². The maximum absolute atomic E-state index is 14.0. The molecule has 1 aliphatic heterocycles. The number of halogens is 1. The minimum absolute atomic E-state index is 0.0286. The van der Waals surface area contributed by atoms with Gasteiger partial charge in [-0.3, -0.25) is 0 Å². The summed E-state index contributed by atoms with van der Waals surface area (Å²) in [5.41, 5.74) is 0. The molecular formula is C12H23FNO4P. The monoisotopic (exact) mass is 298 g/mol. The highest BCUT2D eigenvalue weighted by Crippen LogP contribution is 2.39. The molecule has 0 amide bonds. The molecule has 0 radical (unpaired) electrons. The maximum Gasteiger partial charge on any atom is 0.210 e. The predicted octanol–water partition coefficient (Wildman–Crippen LogP) is 2.24. The van der Waals surface area contributed by atoms with Gasteiger partial charge < -0.3 is 18.9 Å². The van der Waals surface area contributed by atoms with Crippen molar-refractivity contribution in [3.8, 4) is 6.07 Å². The second kappa shape index (κ2) is 10.5. The van der Waals surface area contributed by atoms with E-state index in [9.17, 15) is 4.39 Å². The van der Waals surface area contributed by atoms with E-state index in [0.29, 0.717) is 6.61 Å². The van der Waals surface area contributed by atoms with Crippen molar-refractivity contribution in [3.05, 3.63) is 0 Å². The van der Waals surface area contributed by atoms with Crippen molar-refractivity contribution < 1.29 is 24.7 Å². The number of aliphatic hydroxyl groups is 1. The van der Waals surface area contributed by atoms with E-state index >= 15 is 0 Å². The molecule has 112 valence electrons. The summed E-state index contributed by atoms with van der Waals surface area (Å²) in [5.74, 6) is -0.236. The molecule has 5 nitrogen and oxygen atoms in total. The third-order valence-corrected chi connectivity index (χ3v) is 3.64. The van der Waals surface area contributed by atoms with Gasteiger partial charge >= 0.3 is 0 Å². The topological polar surface area (TPSA) is 71.7 Å². The van der Waals surface area contributed by atoms with Crippen molar-refractivity contribution in [2.24, 2.45) is 5.92 Å². The molecule has 0 bridgehead atoms. The van der Waals surface area contributed by atoms with Crippen LogP contribution >= 0.6 is 8.38 Å². The van der Waals surface area contributed by atoms with Crippen molar-refractivity contribution in [3.63, 3.8) is 0 Å². The van der Waals surface area contributed by atoms with Gasteiger partial charge in [-0.15, -0.1) is 0 Å². The summed E-state index contributed by atoms with van der Waals surface area (Å²) in [4.78, 5) is 0. The van der Waals surface area contributed by atoms with Gasteiger partial charge in [0.25, 0.3) is 0 Å². The van der Waals surface area contributed by atoms with Crippen LogP contribution < -0.4 is 0 Å². The average Bonchev–Trinajstić information content (AvgIpc) is 2.45. The first-order valence-electron chi connectivity index (χ1n) is 7.07. The minimum Gasteiger partial charge on any atom is -0.400 e. The maximum atomic E-state index is 14.0. The van der Waals surface area contributed by atoms with E-state index in [-0.39, 0.29) is 25.8 Å². The molecule has 0 aromatic rings. The van der Waals surface area contributed by atoms with E-state index in [1.165, 1.54) is 7.11 Å². The summed E-state index contributed by atoms with van der Waals surface area (Å²) in [6, 6.07) is 1.96. The van der Waals surface area contributed by atoms with E-state index in [2.05, 4.69) is 5.11 Å². The van der Waals surface area contributed by atoms with Crippen LogP contribution in [0.25, 0.3) is 0 Å². The van der Waals surface area contributed by atoms with Crippen LogP contribution in [0.5, 0.6) is 0 Å². The smallest absolute Gasteiger partial charge is 0.210 e. The van der Waals surface area contributed by atoms with Gasteiger partial charge in [-0.05, 0) is 6.90 Å². The van der Waals surface area contributed by atoms with E-state index in [1.807, 2.05) is 6.07 Å². The lowest BCUT2D eigenvalue weighted by molar-refractivity contribution is -0.118. The molecule has 1 aliphatic rings. The summed E-state index contributed by atoms with van der Waals surface area (Å²) in [6.07, 6.45) is -2.14. The zero-order valence-electron chi connectivity index (χ0n) is 13.5. The minimum atomic E-state index is -1.25. The zero-order valence-corrected chi connectivity index (χ0v) is 12.4. The van der Waals surface area contributed by atoms with Gasteiger partial charge in [0.15, 0.2) is 8.38 Å². The molecule has 5 atom stereocenters.